The van der Waals surface area contributed by atoms with Crippen LogP contribution in [0.4, 0.5) is 8.78 Å². The molecule has 17 heavy (non-hydrogen) atoms. The second kappa shape index (κ2) is 4.61. The highest BCUT2D eigenvalue weighted by molar-refractivity contribution is 5.39. The van der Waals surface area contributed by atoms with E-state index >= 15 is 0 Å². The van der Waals surface area contributed by atoms with Crippen molar-refractivity contribution in [3.8, 4) is 5.75 Å². The first-order chi connectivity index (χ1) is 8.05. The summed E-state index contributed by atoms with van der Waals surface area (Å²) in [4.78, 5) is 0. The summed E-state index contributed by atoms with van der Waals surface area (Å²) in [5.41, 5.74) is 4.56. The van der Waals surface area contributed by atoms with Crippen LogP contribution in [0.25, 0.3) is 0 Å². The molecule has 0 aromatic heterocycles. The minimum Gasteiger partial charge on any atom is -0.496 e. The van der Waals surface area contributed by atoms with Gasteiger partial charge in [-0.15, -0.1) is 0 Å². The van der Waals surface area contributed by atoms with Gasteiger partial charge in [0.1, 0.15) is 17.2 Å². The minimum atomic E-state index is -1.51. The Morgan fingerprint density at radius 2 is 2.00 bits per heavy atom. The molecule has 94 valence electrons. The van der Waals surface area contributed by atoms with Crippen LogP contribution in [0.15, 0.2) is 18.2 Å². The normalized spacial score (nSPS) is 29.1. The topological polar surface area (TPSA) is 35.2 Å². The molecule has 2 N–H and O–H groups in total. The molecule has 0 spiro atoms. The molecule has 1 aromatic rings. The number of halogens is 2. The summed E-state index contributed by atoms with van der Waals surface area (Å²) in [6, 6.07) is 4.04. The predicted octanol–water partition coefficient (Wildman–Crippen LogP) is 2.90. The Morgan fingerprint density at radius 1 is 1.35 bits per heavy atom. The molecular formula is C13H17F2NO. The number of alkyl halides is 1. The molecule has 2 nitrogen and oxygen atoms in total. The summed E-state index contributed by atoms with van der Waals surface area (Å²) >= 11 is 0. The smallest absolute Gasteiger partial charge is 0.139 e. The first-order valence-corrected chi connectivity index (χ1v) is 5.84. The lowest BCUT2D eigenvalue weighted by atomic mass is 9.79. The van der Waals surface area contributed by atoms with Crippen LogP contribution in [0.3, 0.4) is 0 Å². The fourth-order valence-electron chi connectivity index (χ4n) is 2.40. The fraction of sp³-hybridized carbons (Fsp3) is 0.538. The van der Waals surface area contributed by atoms with Gasteiger partial charge >= 0.3 is 0 Å². The molecule has 0 radical (unpaired) electrons. The predicted molar refractivity (Wildman–Crippen MR) is 62.2 cm³/mol. The molecule has 1 saturated carbocycles. The van der Waals surface area contributed by atoms with Crippen LogP contribution < -0.4 is 10.5 Å². The van der Waals surface area contributed by atoms with E-state index in [-0.39, 0.29) is 6.04 Å². The molecule has 0 atom stereocenters. The molecule has 0 heterocycles. The van der Waals surface area contributed by atoms with Gasteiger partial charge in [0.25, 0.3) is 0 Å². The average Bonchev–Trinajstić information content (AvgIpc) is 2.33. The van der Waals surface area contributed by atoms with E-state index in [4.69, 9.17) is 10.5 Å². The molecule has 1 aliphatic rings. The lowest BCUT2D eigenvalue weighted by Crippen LogP contribution is -2.34. The molecule has 1 aliphatic carbocycles. The average molecular weight is 241 g/mol. The molecule has 2 rings (SSSR count). The maximum absolute atomic E-state index is 14.8. The second-order valence-electron chi connectivity index (χ2n) is 4.65. The molecule has 4 heteroatoms. The van der Waals surface area contributed by atoms with Crippen molar-refractivity contribution in [3.63, 3.8) is 0 Å². The lowest BCUT2D eigenvalue weighted by Gasteiger charge is -2.33. The van der Waals surface area contributed by atoms with E-state index in [2.05, 4.69) is 0 Å². The molecule has 0 aliphatic heterocycles. The Bertz CT molecular complexity index is 400. The zero-order valence-electron chi connectivity index (χ0n) is 9.88. The highest BCUT2D eigenvalue weighted by atomic mass is 19.1. The van der Waals surface area contributed by atoms with E-state index in [1.807, 2.05) is 0 Å². The number of hydrogen-bond donors (Lipinski definition) is 1. The van der Waals surface area contributed by atoms with Crippen LogP contribution >= 0.6 is 0 Å². The Hall–Kier alpha value is -1.16. The summed E-state index contributed by atoms with van der Waals surface area (Å²) in [7, 11) is 1.47. The highest BCUT2D eigenvalue weighted by Gasteiger charge is 2.38. The third-order valence-electron chi connectivity index (χ3n) is 3.47. The van der Waals surface area contributed by atoms with Gasteiger partial charge in [0.2, 0.25) is 0 Å². The van der Waals surface area contributed by atoms with Crippen LogP contribution in [0.1, 0.15) is 31.2 Å². The van der Waals surface area contributed by atoms with Gasteiger partial charge in [-0.2, -0.15) is 0 Å². The summed E-state index contributed by atoms with van der Waals surface area (Å²) in [6.07, 6.45) is 1.90. The van der Waals surface area contributed by atoms with E-state index in [0.717, 1.165) is 0 Å². The van der Waals surface area contributed by atoms with Crippen LogP contribution in [0.5, 0.6) is 5.75 Å². The summed E-state index contributed by atoms with van der Waals surface area (Å²) in [6.45, 7) is 0. The van der Waals surface area contributed by atoms with Crippen LogP contribution in [0.2, 0.25) is 0 Å². The number of rotatable bonds is 2. The quantitative estimate of drug-likeness (QED) is 0.864. The number of nitrogens with two attached hydrogens (primary N) is 1. The van der Waals surface area contributed by atoms with Gasteiger partial charge in [0, 0.05) is 11.6 Å². The Labute approximate surface area is 99.8 Å². The van der Waals surface area contributed by atoms with Gasteiger partial charge in [-0.3, -0.25) is 0 Å². The molecule has 0 amide bonds. The van der Waals surface area contributed by atoms with Gasteiger partial charge in [-0.25, -0.2) is 8.78 Å². The molecule has 0 bridgehead atoms. The molecular weight excluding hydrogens is 224 g/mol. The molecule has 1 aromatic carbocycles. The standard InChI is InChI=1S/C13H17F2NO/c1-17-12-3-2-9(14)8-11(12)13(15)6-4-10(16)5-7-13/h2-3,8,10H,4-7,16H2,1H3. The van der Waals surface area contributed by atoms with Gasteiger partial charge < -0.3 is 10.5 Å². The maximum Gasteiger partial charge on any atom is 0.139 e. The maximum atomic E-state index is 14.8. The van der Waals surface area contributed by atoms with Crippen molar-refractivity contribution in [1.82, 2.24) is 0 Å². The van der Waals surface area contributed by atoms with Gasteiger partial charge in [-0.05, 0) is 43.9 Å². The lowest BCUT2D eigenvalue weighted by molar-refractivity contribution is 0.0942. The summed E-state index contributed by atoms with van der Waals surface area (Å²) in [5, 5.41) is 0. The van der Waals surface area contributed by atoms with E-state index in [1.165, 1.54) is 25.3 Å². The molecule has 1 fully saturated rings. The summed E-state index contributed by atoms with van der Waals surface area (Å²) in [5.74, 6) is -0.0305. The third-order valence-corrected chi connectivity index (χ3v) is 3.47. The largest absolute Gasteiger partial charge is 0.496 e. The number of ether oxygens (including phenoxy) is 1. The third kappa shape index (κ3) is 2.41. The Morgan fingerprint density at radius 3 is 2.59 bits per heavy atom. The van der Waals surface area contributed by atoms with Gasteiger partial charge in [0.05, 0.1) is 7.11 Å². The monoisotopic (exact) mass is 241 g/mol. The molecule has 0 saturated heterocycles. The van der Waals surface area contributed by atoms with Crippen molar-refractivity contribution < 1.29 is 13.5 Å². The Kier molecular flexibility index (Phi) is 3.33. The zero-order valence-corrected chi connectivity index (χ0v) is 9.88. The van der Waals surface area contributed by atoms with Crippen molar-refractivity contribution in [1.29, 1.82) is 0 Å². The number of benzene rings is 1. The zero-order chi connectivity index (χ0) is 12.5. The van der Waals surface area contributed by atoms with Gasteiger partial charge in [0.15, 0.2) is 0 Å². The van der Waals surface area contributed by atoms with Crippen molar-refractivity contribution >= 4 is 0 Å². The van der Waals surface area contributed by atoms with E-state index in [0.29, 0.717) is 37.0 Å². The van der Waals surface area contributed by atoms with Crippen molar-refractivity contribution in [2.45, 2.75) is 37.4 Å². The highest BCUT2D eigenvalue weighted by Crippen LogP contribution is 2.44. The van der Waals surface area contributed by atoms with Crippen LogP contribution in [-0.2, 0) is 5.67 Å². The van der Waals surface area contributed by atoms with Crippen LogP contribution in [0, 0.1) is 5.82 Å². The minimum absolute atomic E-state index is 0.0541. The first kappa shape index (κ1) is 12.3. The van der Waals surface area contributed by atoms with E-state index < -0.39 is 11.5 Å². The van der Waals surface area contributed by atoms with Gasteiger partial charge in [-0.1, -0.05) is 0 Å². The number of methoxy groups -OCH3 is 1. The summed E-state index contributed by atoms with van der Waals surface area (Å²) < 4.78 is 33.1. The second-order valence-corrected chi connectivity index (χ2v) is 4.65. The van der Waals surface area contributed by atoms with Crippen molar-refractivity contribution in [3.05, 3.63) is 29.6 Å². The van der Waals surface area contributed by atoms with Crippen molar-refractivity contribution in [2.75, 3.05) is 7.11 Å². The SMILES string of the molecule is COc1ccc(F)cc1C1(F)CCC(N)CC1. The van der Waals surface area contributed by atoms with E-state index in [1.54, 1.807) is 0 Å². The number of hydrogen-bond acceptors (Lipinski definition) is 2. The van der Waals surface area contributed by atoms with E-state index in [9.17, 15) is 8.78 Å². The Balaban J connectivity index is 2.34. The molecule has 0 unspecified atom stereocenters. The van der Waals surface area contributed by atoms with Crippen LogP contribution in [-0.4, -0.2) is 13.2 Å². The fourth-order valence-corrected chi connectivity index (χ4v) is 2.40. The first-order valence-electron chi connectivity index (χ1n) is 5.84. The van der Waals surface area contributed by atoms with Crippen molar-refractivity contribution in [2.24, 2.45) is 5.73 Å².